The average molecular weight is 465 g/mol. The SMILES string of the molecule is O=C(Nc1nnc(-c2ccccc2)o1)c1cccc(NS(=O)(=O)c2ccccc2[N+](=O)[O-])c1. The molecule has 0 atom stereocenters. The topological polar surface area (TPSA) is 157 Å². The summed E-state index contributed by atoms with van der Waals surface area (Å²) in [6.45, 7) is 0. The van der Waals surface area contributed by atoms with E-state index in [-0.39, 0.29) is 23.2 Å². The number of nitro groups is 1. The summed E-state index contributed by atoms with van der Waals surface area (Å²) in [6.07, 6.45) is 0. The highest BCUT2D eigenvalue weighted by Gasteiger charge is 2.25. The fourth-order valence-corrected chi connectivity index (χ4v) is 4.13. The monoisotopic (exact) mass is 465 g/mol. The van der Waals surface area contributed by atoms with Gasteiger partial charge in [0.1, 0.15) is 0 Å². The van der Waals surface area contributed by atoms with E-state index in [0.29, 0.717) is 5.56 Å². The zero-order valence-corrected chi connectivity index (χ0v) is 17.5. The van der Waals surface area contributed by atoms with Crippen molar-refractivity contribution in [2.24, 2.45) is 0 Å². The summed E-state index contributed by atoms with van der Waals surface area (Å²) in [6, 6.07) is 19.4. The molecule has 0 radical (unpaired) electrons. The van der Waals surface area contributed by atoms with E-state index in [1.165, 1.54) is 36.4 Å². The average Bonchev–Trinajstić information content (AvgIpc) is 3.28. The number of para-hydroxylation sites is 1. The first-order valence-corrected chi connectivity index (χ1v) is 10.9. The fourth-order valence-electron chi connectivity index (χ4n) is 2.91. The molecule has 4 aromatic rings. The summed E-state index contributed by atoms with van der Waals surface area (Å²) >= 11 is 0. The van der Waals surface area contributed by atoms with Crippen LogP contribution in [-0.2, 0) is 10.0 Å². The lowest BCUT2D eigenvalue weighted by atomic mass is 10.2. The predicted molar refractivity (Wildman–Crippen MR) is 118 cm³/mol. The van der Waals surface area contributed by atoms with Crippen molar-refractivity contribution in [3.63, 3.8) is 0 Å². The minimum atomic E-state index is -4.28. The van der Waals surface area contributed by atoms with Crippen LogP contribution in [0.25, 0.3) is 11.5 Å². The molecule has 1 amide bonds. The molecule has 0 bridgehead atoms. The normalized spacial score (nSPS) is 11.0. The molecule has 0 saturated carbocycles. The van der Waals surface area contributed by atoms with Crippen LogP contribution in [0.4, 0.5) is 17.4 Å². The first kappa shape index (κ1) is 21.6. The molecule has 12 heteroatoms. The van der Waals surface area contributed by atoms with E-state index in [2.05, 4.69) is 20.2 Å². The third-order valence-corrected chi connectivity index (χ3v) is 5.82. The number of rotatable bonds is 7. The molecule has 0 saturated heterocycles. The number of hydrogen-bond acceptors (Lipinski definition) is 8. The van der Waals surface area contributed by atoms with Gasteiger partial charge in [0.15, 0.2) is 4.90 Å². The number of anilines is 2. The van der Waals surface area contributed by atoms with Gasteiger partial charge in [0.2, 0.25) is 5.89 Å². The number of nitrogens with one attached hydrogen (secondary N) is 2. The molecular weight excluding hydrogens is 450 g/mol. The van der Waals surface area contributed by atoms with Crippen LogP contribution in [0, 0.1) is 10.1 Å². The Morgan fingerprint density at radius 1 is 0.939 bits per heavy atom. The van der Waals surface area contributed by atoms with Gasteiger partial charge in [0, 0.05) is 22.9 Å². The molecule has 3 aromatic carbocycles. The van der Waals surface area contributed by atoms with E-state index in [1.807, 2.05) is 6.07 Å². The molecule has 1 heterocycles. The lowest BCUT2D eigenvalue weighted by Gasteiger charge is -2.09. The summed E-state index contributed by atoms with van der Waals surface area (Å²) in [4.78, 5) is 22.5. The first-order valence-electron chi connectivity index (χ1n) is 9.40. The maximum absolute atomic E-state index is 12.7. The van der Waals surface area contributed by atoms with Crippen molar-refractivity contribution in [2.75, 3.05) is 10.0 Å². The van der Waals surface area contributed by atoms with E-state index in [9.17, 15) is 23.3 Å². The number of sulfonamides is 1. The largest absolute Gasteiger partial charge is 0.403 e. The Bertz CT molecular complexity index is 1440. The number of hydrogen-bond donors (Lipinski definition) is 2. The van der Waals surface area contributed by atoms with Gasteiger partial charge in [-0.3, -0.25) is 24.9 Å². The molecule has 4 rings (SSSR count). The van der Waals surface area contributed by atoms with Crippen molar-refractivity contribution >= 4 is 33.3 Å². The lowest BCUT2D eigenvalue weighted by Crippen LogP contribution is -2.16. The van der Waals surface area contributed by atoms with Crippen LogP contribution in [0.15, 0.2) is 88.2 Å². The minimum Gasteiger partial charge on any atom is -0.403 e. The smallest absolute Gasteiger partial charge is 0.322 e. The van der Waals surface area contributed by atoms with E-state index >= 15 is 0 Å². The standard InChI is InChI=1S/C21H15N5O6S/c27-19(22-21-24-23-20(32-21)14-7-2-1-3-8-14)15-9-6-10-16(13-15)25-33(30,31)18-12-5-4-11-17(18)26(28)29/h1-13,25H,(H,22,24,27). The first-order chi connectivity index (χ1) is 15.8. The zero-order valence-electron chi connectivity index (χ0n) is 16.7. The number of carbonyl (C=O) groups excluding carboxylic acids is 1. The molecule has 0 fully saturated rings. The Kier molecular flexibility index (Phi) is 5.83. The number of aromatic nitrogens is 2. The molecule has 0 aliphatic carbocycles. The van der Waals surface area contributed by atoms with Crippen LogP contribution in [0.2, 0.25) is 0 Å². The van der Waals surface area contributed by atoms with Crippen molar-refractivity contribution in [2.45, 2.75) is 4.90 Å². The van der Waals surface area contributed by atoms with Gasteiger partial charge in [-0.05, 0) is 36.4 Å². The Balaban J connectivity index is 1.52. The molecular formula is C21H15N5O6S. The van der Waals surface area contributed by atoms with E-state index in [1.54, 1.807) is 24.3 Å². The quantitative estimate of drug-likeness (QED) is 0.309. The molecule has 166 valence electrons. The van der Waals surface area contributed by atoms with Crippen LogP contribution >= 0.6 is 0 Å². The van der Waals surface area contributed by atoms with Gasteiger partial charge in [0.25, 0.3) is 21.6 Å². The van der Waals surface area contributed by atoms with Gasteiger partial charge in [-0.15, -0.1) is 5.10 Å². The summed E-state index contributed by atoms with van der Waals surface area (Å²) in [5.74, 6) is -0.401. The summed E-state index contributed by atoms with van der Waals surface area (Å²) in [5, 5.41) is 21.3. The van der Waals surface area contributed by atoms with Crippen LogP contribution in [0.5, 0.6) is 0 Å². The van der Waals surface area contributed by atoms with Gasteiger partial charge in [-0.2, -0.15) is 0 Å². The molecule has 0 spiro atoms. The Hall–Kier alpha value is -4.58. The number of nitro benzene ring substituents is 1. The number of nitrogens with zero attached hydrogens (tertiary/aromatic N) is 3. The van der Waals surface area contributed by atoms with Gasteiger partial charge in [-0.1, -0.05) is 41.5 Å². The van der Waals surface area contributed by atoms with Gasteiger partial charge in [0.05, 0.1) is 4.92 Å². The van der Waals surface area contributed by atoms with Crippen molar-refractivity contribution in [3.8, 4) is 11.5 Å². The van der Waals surface area contributed by atoms with Crippen LogP contribution in [0.1, 0.15) is 10.4 Å². The summed E-state index contributed by atoms with van der Waals surface area (Å²) in [7, 11) is -4.28. The van der Waals surface area contributed by atoms with Crippen molar-refractivity contribution in [3.05, 3.63) is 94.5 Å². The molecule has 0 aliphatic rings. The summed E-state index contributed by atoms with van der Waals surface area (Å²) in [5.41, 5.74) is 0.245. The third kappa shape index (κ3) is 4.85. The Morgan fingerprint density at radius 3 is 2.42 bits per heavy atom. The zero-order chi connectivity index (χ0) is 23.4. The minimum absolute atomic E-state index is 0.0382. The molecule has 11 nitrogen and oxygen atoms in total. The van der Waals surface area contributed by atoms with Crippen molar-refractivity contribution in [1.29, 1.82) is 0 Å². The van der Waals surface area contributed by atoms with Crippen LogP contribution in [0.3, 0.4) is 0 Å². The van der Waals surface area contributed by atoms with E-state index in [0.717, 1.165) is 12.1 Å². The van der Waals surface area contributed by atoms with Crippen LogP contribution < -0.4 is 10.0 Å². The molecule has 33 heavy (non-hydrogen) atoms. The van der Waals surface area contributed by atoms with Gasteiger partial charge >= 0.3 is 6.01 Å². The second kappa shape index (κ2) is 8.88. The number of benzene rings is 3. The van der Waals surface area contributed by atoms with E-state index in [4.69, 9.17) is 4.42 Å². The number of amides is 1. The van der Waals surface area contributed by atoms with Gasteiger partial charge in [-0.25, -0.2) is 8.42 Å². The highest BCUT2D eigenvalue weighted by atomic mass is 32.2. The predicted octanol–water partition coefficient (Wildman–Crippen LogP) is 3.70. The Morgan fingerprint density at radius 2 is 1.67 bits per heavy atom. The lowest BCUT2D eigenvalue weighted by molar-refractivity contribution is -0.387. The Labute approximate surface area is 187 Å². The molecule has 1 aromatic heterocycles. The van der Waals surface area contributed by atoms with E-state index < -0.39 is 31.4 Å². The highest BCUT2D eigenvalue weighted by molar-refractivity contribution is 7.92. The second-order valence-electron chi connectivity index (χ2n) is 6.64. The highest BCUT2D eigenvalue weighted by Crippen LogP contribution is 2.26. The number of carbonyl (C=O) groups is 1. The van der Waals surface area contributed by atoms with Crippen molar-refractivity contribution < 1.29 is 22.6 Å². The fraction of sp³-hybridized carbons (Fsp3) is 0. The second-order valence-corrected chi connectivity index (χ2v) is 8.29. The molecule has 2 N–H and O–H groups in total. The molecule has 0 unspecified atom stereocenters. The van der Waals surface area contributed by atoms with Gasteiger partial charge < -0.3 is 4.42 Å². The molecule has 0 aliphatic heterocycles. The van der Waals surface area contributed by atoms with Crippen LogP contribution in [-0.4, -0.2) is 29.4 Å². The maximum atomic E-state index is 12.7. The summed E-state index contributed by atoms with van der Waals surface area (Å²) < 4.78 is 33.1. The maximum Gasteiger partial charge on any atom is 0.322 e. The third-order valence-electron chi connectivity index (χ3n) is 4.39. The van der Waals surface area contributed by atoms with Crippen molar-refractivity contribution in [1.82, 2.24) is 10.2 Å².